The maximum atomic E-state index is 5.89. The van der Waals surface area contributed by atoms with Gasteiger partial charge in [-0.25, -0.2) is 0 Å². The molecule has 18 heavy (non-hydrogen) atoms. The van der Waals surface area contributed by atoms with Gasteiger partial charge in [0.2, 0.25) is 0 Å². The summed E-state index contributed by atoms with van der Waals surface area (Å²) in [4.78, 5) is 4.21. The van der Waals surface area contributed by atoms with Crippen molar-refractivity contribution >= 4 is 29.9 Å². The molecule has 0 aromatic carbocycles. The lowest BCUT2D eigenvalue weighted by atomic mass is 9.60. The number of aliphatic imine (C=N–C) groups is 1. The molecule has 106 valence electrons. The van der Waals surface area contributed by atoms with Crippen molar-refractivity contribution in [1.82, 2.24) is 10.6 Å². The van der Waals surface area contributed by atoms with E-state index in [4.69, 9.17) is 4.74 Å². The Morgan fingerprint density at radius 2 is 2.06 bits per heavy atom. The summed E-state index contributed by atoms with van der Waals surface area (Å²) in [6.45, 7) is 2.93. The molecule has 2 N–H and O–H groups in total. The number of halogens is 1. The number of ether oxygens (including phenoxy) is 1. The van der Waals surface area contributed by atoms with Crippen LogP contribution in [0.25, 0.3) is 0 Å². The molecule has 0 aromatic rings. The number of guanidine groups is 1. The minimum absolute atomic E-state index is 0. The van der Waals surface area contributed by atoms with E-state index in [0.29, 0.717) is 17.6 Å². The molecule has 2 aliphatic rings. The fraction of sp³-hybridized carbons (Fsp3) is 0.923. The van der Waals surface area contributed by atoms with Crippen LogP contribution in [0.1, 0.15) is 39.0 Å². The zero-order valence-electron chi connectivity index (χ0n) is 11.7. The smallest absolute Gasteiger partial charge is 0.190 e. The van der Waals surface area contributed by atoms with E-state index >= 15 is 0 Å². The van der Waals surface area contributed by atoms with Crippen LogP contribution in [0.5, 0.6) is 0 Å². The van der Waals surface area contributed by atoms with E-state index in [1.807, 2.05) is 14.1 Å². The topological polar surface area (TPSA) is 45.6 Å². The summed E-state index contributed by atoms with van der Waals surface area (Å²) in [7, 11) is 3.73. The predicted octanol–water partition coefficient (Wildman–Crippen LogP) is 2.14. The molecule has 0 amide bonds. The number of hydrogen-bond acceptors (Lipinski definition) is 2. The summed E-state index contributed by atoms with van der Waals surface area (Å²) in [6, 6.07) is 0.535. The molecular weight excluding hydrogens is 341 g/mol. The number of nitrogens with one attached hydrogen (secondary N) is 2. The fourth-order valence-electron chi connectivity index (χ4n) is 3.50. The van der Waals surface area contributed by atoms with Gasteiger partial charge in [0.1, 0.15) is 0 Å². The Morgan fingerprint density at radius 3 is 2.56 bits per heavy atom. The molecule has 2 atom stereocenters. The van der Waals surface area contributed by atoms with Crippen molar-refractivity contribution in [2.24, 2.45) is 10.4 Å². The van der Waals surface area contributed by atoms with Crippen LogP contribution in [-0.4, -0.2) is 38.8 Å². The van der Waals surface area contributed by atoms with Crippen molar-refractivity contribution in [3.63, 3.8) is 0 Å². The van der Waals surface area contributed by atoms with Gasteiger partial charge in [-0.1, -0.05) is 12.8 Å². The van der Waals surface area contributed by atoms with Gasteiger partial charge in [-0.2, -0.15) is 0 Å². The van der Waals surface area contributed by atoms with E-state index in [0.717, 1.165) is 19.0 Å². The van der Waals surface area contributed by atoms with Gasteiger partial charge in [0.15, 0.2) is 5.96 Å². The van der Waals surface area contributed by atoms with Gasteiger partial charge in [-0.3, -0.25) is 4.99 Å². The second-order valence-electron chi connectivity index (χ2n) is 5.14. The van der Waals surface area contributed by atoms with Gasteiger partial charge in [0.25, 0.3) is 0 Å². The van der Waals surface area contributed by atoms with Crippen molar-refractivity contribution in [2.75, 3.05) is 20.7 Å². The van der Waals surface area contributed by atoms with Gasteiger partial charge in [0, 0.05) is 32.2 Å². The Bertz CT molecular complexity index is 290. The Labute approximate surface area is 127 Å². The second kappa shape index (κ2) is 6.93. The molecule has 2 saturated carbocycles. The maximum Gasteiger partial charge on any atom is 0.190 e. The third-order valence-electron chi connectivity index (χ3n) is 4.46. The Kier molecular flexibility index (Phi) is 6.17. The summed E-state index contributed by atoms with van der Waals surface area (Å²) in [5, 5.41) is 6.63. The van der Waals surface area contributed by atoms with Gasteiger partial charge in [-0.05, 0) is 26.2 Å². The van der Waals surface area contributed by atoms with Crippen LogP contribution in [0.15, 0.2) is 4.99 Å². The van der Waals surface area contributed by atoms with Crippen LogP contribution in [0, 0.1) is 5.41 Å². The third-order valence-corrected chi connectivity index (χ3v) is 4.46. The average Bonchev–Trinajstić information content (AvgIpc) is 2.85. The molecule has 2 aliphatic carbocycles. The van der Waals surface area contributed by atoms with E-state index in [9.17, 15) is 0 Å². The van der Waals surface area contributed by atoms with Crippen LogP contribution < -0.4 is 10.6 Å². The fourth-order valence-corrected chi connectivity index (χ4v) is 3.50. The first-order valence-corrected chi connectivity index (χ1v) is 6.79. The molecule has 2 rings (SSSR count). The lowest BCUT2D eigenvalue weighted by Crippen LogP contribution is -2.64. The largest absolute Gasteiger partial charge is 0.378 e. The highest BCUT2D eigenvalue weighted by molar-refractivity contribution is 14.0. The van der Waals surface area contributed by atoms with Crippen LogP contribution in [-0.2, 0) is 4.74 Å². The number of rotatable bonds is 3. The minimum Gasteiger partial charge on any atom is -0.378 e. The summed E-state index contributed by atoms with van der Waals surface area (Å²) in [6.07, 6.45) is 6.88. The summed E-state index contributed by atoms with van der Waals surface area (Å²) in [5.41, 5.74) is 0.378. The van der Waals surface area contributed by atoms with Crippen LogP contribution >= 0.6 is 24.0 Å². The second-order valence-corrected chi connectivity index (χ2v) is 5.14. The average molecular weight is 367 g/mol. The molecule has 0 aliphatic heterocycles. The van der Waals surface area contributed by atoms with E-state index in [1.165, 1.54) is 25.7 Å². The van der Waals surface area contributed by atoms with E-state index in [2.05, 4.69) is 22.5 Å². The van der Waals surface area contributed by atoms with E-state index in [1.54, 1.807) is 0 Å². The summed E-state index contributed by atoms with van der Waals surface area (Å²) < 4.78 is 5.89. The van der Waals surface area contributed by atoms with Gasteiger partial charge < -0.3 is 15.4 Å². The predicted molar refractivity (Wildman–Crippen MR) is 85.7 cm³/mol. The molecule has 0 saturated heterocycles. The zero-order valence-corrected chi connectivity index (χ0v) is 14.0. The molecule has 2 unspecified atom stereocenters. The van der Waals surface area contributed by atoms with Crippen molar-refractivity contribution in [1.29, 1.82) is 0 Å². The Balaban J connectivity index is 0.00000162. The van der Waals surface area contributed by atoms with Crippen LogP contribution in [0.2, 0.25) is 0 Å². The molecule has 1 spiro atoms. The molecule has 0 radical (unpaired) electrons. The molecule has 0 bridgehead atoms. The first-order chi connectivity index (χ1) is 8.26. The monoisotopic (exact) mass is 367 g/mol. The highest BCUT2D eigenvalue weighted by Gasteiger charge is 2.56. The number of hydrogen-bond donors (Lipinski definition) is 2. The first-order valence-electron chi connectivity index (χ1n) is 6.79. The lowest BCUT2D eigenvalue weighted by molar-refractivity contribution is -0.125. The first kappa shape index (κ1) is 16.0. The molecule has 0 aromatic heterocycles. The SMILES string of the molecule is CCOC1CC(NC(=NC)NC)C12CCCC2.I. The third kappa shape index (κ3) is 2.76. The van der Waals surface area contributed by atoms with Gasteiger partial charge in [-0.15, -0.1) is 24.0 Å². The Morgan fingerprint density at radius 1 is 1.39 bits per heavy atom. The van der Waals surface area contributed by atoms with E-state index < -0.39 is 0 Å². The zero-order chi connectivity index (χ0) is 12.3. The summed E-state index contributed by atoms with van der Waals surface area (Å²) in [5.74, 6) is 0.899. The Hall–Kier alpha value is -0.0400. The highest BCUT2D eigenvalue weighted by Crippen LogP contribution is 2.54. The quantitative estimate of drug-likeness (QED) is 0.457. The molecule has 4 nitrogen and oxygen atoms in total. The summed E-state index contributed by atoms with van der Waals surface area (Å²) >= 11 is 0. The standard InChI is InChI=1S/C13H25N3O.HI/c1-4-17-11-9-10(16-12(14-2)15-3)13(11)7-5-6-8-13;/h10-11H,4-9H2,1-3H3,(H2,14,15,16);1H. The number of nitrogens with zero attached hydrogens (tertiary/aromatic N) is 1. The highest BCUT2D eigenvalue weighted by atomic mass is 127. The lowest BCUT2D eigenvalue weighted by Gasteiger charge is -2.54. The van der Waals surface area contributed by atoms with Crippen molar-refractivity contribution in [3.05, 3.63) is 0 Å². The van der Waals surface area contributed by atoms with E-state index in [-0.39, 0.29) is 24.0 Å². The minimum atomic E-state index is 0. The molecule has 0 heterocycles. The van der Waals surface area contributed by atoms with Crippen molar-refractivity contribution < 1.29 is 4.74 Å². The van der Waals surface area contributed by atoms with Crippen LogP contribution in [0.4, 0.5) is 0 Å². The van der Waals surface area contributed by atoms with Crippen molar-refractivity contribution in [3.8, 4) is 0 Å². The van der Waals surface area contributed by atoms with Crippen molar-refractivity contribution in [2.45, 2.75) is 51.2 Å². The normalized spacial score (nSPS) is 29.6. The van der Waals surface area contributed by atoms with Crippen LogP contribution in [0.3, 0.4) is 0 Å². The maximum absolute atomic E-state index is 5.89. The van der Waals surface area contributed by atoms with Gasteiger partial charge in [0.05, 0.1) is 6.10 Å². The molecule has 5 heteroatoms. The molecule has 2 fully saturated rings. The molecular formula is C13H26IN3O. The van der Waals surface area contributed by atoms with Gasteiger partial charge >= 0.3 is 0 Å².